The quantitative estimate of drug-likeness (QED) is 0.395. The minimum absolute atomic E-state index is 0.0449. The number of aromatic nitrogens is 3. The number of aromatic amines is 1. The first kappa shape index (κ1) is 18.7. The number of rotatable bonds is 6. The van der Waals surface area contributed by atoms with Crippen molar-refractivity contribution in [3.05, 3.63) is 61.9 Å². The Hall–Kier alpha value is -2.04. The summed E-state index contributed by atoms with van der Waals surface area (Å²) < 4.78 is 38.4. The molecule has 0 fully saturated rings. The van der Waals surface area contributed by atoms with E-state index in [-0.39, 0.29) is 11.4 Å². The molecule has 0 bridgehead atoms. The van der Waals surface area contributed by atoms with Crippen molar-refractivity contribution in [3.63, 3.8) is 0 Å². The first-order chi connectivity index (χ1) is 12.4. The normalized spacial score (nSPS) is 11.6. The summed E-state index contributed by atoms with van der Waals surface area (Å²) in [7, 11) is 0. The molecule has 0 radical (unpaired) electrons. The minimum atomic E-state index is -2.81. The number of nitrogens with zero attached hydrogens (tertiary/aromatic N) is 3. The Morgan fingerprint density at radius 1 is 1.42 bits per heavy atom. The Bertz CT molecular complexity index is 1000. The van der Waals surface area contributed by atoms with Gasteiger partial charge in [-0.3, -0.25) is 0 Å². The molecule has 0 aliphatic rings. The summed E-state index contributed by atoms with van der Waals surface area (Å²) >= 11 is 14.2. The predicted octanol–water partition coefficient (Wildman–Crippen LogP) is 5.35. The fourth-order valence-electron chi connectivity index (χ4n) is 1.95. The van der Waals surface area contributed by atoms with Crippen LogP contribution in [0.5, 0.6) is 5.75 Å². The Kier molecular flexibility index (Phi) is 5.84. The van der Waals surface area contributed by atoms with Gasteiger partial charge in [0.15, 0.2) is 0 Å². The molecule has 0 aliphatic carbocycles. The van der Waals surface area contributed by atoms with Gasteiger partial charge < -0.3 is 9.15 Å². The van der Waals surface area contributed by atoms with Gasteiger partial charge in [-0.05, 0) is 42.5 Å². The third-order valence-corrected chi connectivity index (χ3v) is 4.17. The second-order valence-corrected chi connectivity index (χ2v) is 6.62. The van der Waals surface area contributed by atoms with Crippen molar-refractivity contribution >= 4 is 46.0 Å². The SMILES string of the molecule is FC(F)c1n[nH]c(=S)n1/N=C\c1ccc(COc2ccc(Br)cc2Cl)o1. The lowest BCUT2D eigenvalue weighted by Gasteiger charge is -2.06. The number of benzene rings is 1. The van der Waals surface area contributed by atoms with Crippen LogP contribution in [0, 0.1) is 4.77 Å². The lowest BCUT2D eigenvalue weighted by atomic mass is 10.3. The Balaban J connectivity index is 1.68. The maximum atomic E-state index is 12.8. The Morgan fingerprint density at radius 2 is 2.23 bits per heavy atom. The van der Waals surface area contributed by atoms with Crippen LogP contribution in [0.2, 0.25) is 5.02 Å². The van der Waals surface area contributed by atoms with Crippen LogP contribution in [0.3, 0.4) is 0 Å². The highest BCUT2D eigenvalue weighted by Crippen LogP contribution is 2.28. The Labute approximate surface area is 164 Å². The maximum absolute atomic E-state index is 12.8. The highest BCUT2D eigenvalue weighted by atomic mass is 79.9. The van der Waals surface area contributed by atoms with Gasteiger partial charge in [-0.25, -0.2) is 13.9 Å². The first-order valence-corrected chi connectivity index (χ1v) is 8.68. The molecule has 26 heavy (non-hydrogen) atoms. The molecular weight excluding hydrogens is 454 g/mol. The van der Waals surface area contributed by atoms with Gasteiger partial charge in [0.05, 0.1) is 11.2 Å². The lowest BCUT2D eigenvalue weighted by Crippen LogP contribution is -1.99. The number of hydrogen-bond donors (Lipinski definition) is 1. The van der Waals surface area contributed by atoms with Gasteiger partial charge in [-0.1, -0.05) is 27.5 Å². The molecule has 3 aromatic rings. The molecule has 1 N–H and O–H groups in total. The van der Waals surface area contributed by atoms with Crippen molar-refractivity contribution in [1.82, 2.24) is 14.9 Å². The number of nitrogens with one attached hydrogen (secondary N) is 1. The third-order valence-electron chi connectivity index (χ3n) is 3.12. The van der Waals surface area contributed by atoms with Crippen LogP contribution < -0.4 is 4.74 Å². The lowest BCUT2D eigenvalue weighted by molar-refractivity contribution is 0.136. The van der Waals surface area contributed by atoms with E-state index in [1.165, 1.54) is 6.21 Å². The van der Waals surface area contributed by atoms with Gasteiger partial charge in [0.1, 0.15) is 23.9 Å². The molecule has 0 spiro atoms. The molecule has 1 aromatic carbocycles. The van der Waals surface area contributed by atoms with E-state index in [1.807, 2.05) is 0 Å². The van der Waals surface area contributed by atoms with Gasteiger partial charge in [0.25, 0.3) is 6.43 Å². The highest BCUT2D eigenvalue weighted by molar-refractivity contribution is 9.10. The number of hydrogen-bond acceptors (Lipinski definition) is 5. The largest absolute Gasteiger partial charge is 0.484 e. The average molecular weight is 464 g/mol. The fourth-order valence-corrected chi connectivity index (χ4v) is 2.87. The molecule has 0 saturated carbocycles. The summed E-state index contributed by atoms with van der Waals surface area (Å²) in [5.74, 6) is 0.781. The summed E-state index contributed by atoms with van der Waals surface area (Å²) in [6.07, 6.45) is -1.55. The average Bonchev–Trinajstić information content (AvgIpc) is 3.18. The van der Waals surface area contributed by atoms with E-state index in [2.05, 4.69) is 31.2 Å². The molecule has 11 heteroatoms. The van der Waals surface area contributed by atoms with E-state index < -0.39 is 12.2 Å². The van der Waals surface area contributed by atoms with Crippen molar-refractivity contribution in [2.75, 3.05) is 0 Å². The summed E-state index contributed by atoms with van der Waals surface area (Å²) in [6, 6.07) is 8.54. The standard InChI is InChI=1S/C15H10BrClF2N4O2S/c16-8-1-4-12(11(17)5-8)24-7-10-3-2-9(25-10)6-20-23-14(13(18)19)21-22-15(23)26/h1-6,13H,7H2,(H,22,26)/b20-6-. The van der Waals surface area contributed by atoms with Crippen LogP contribution >= 0.6 is 39.7 Å². The summed E-state index contributed by atoms with van der Waals surface area (Å²) in [5.41, 5.74) is 0. The van der Waals surface area contributed by atoms with Gasteiger partial charge in [-0.2, -0.15) is 14.9 Å². The number of furan rings is 1. The van der Waals surface area contributed by atoms with Crippen LogP contribution in [0.15, 0.2) is 44.3 Å². The van der Waals surface area contributed by atoms with E-state index in [0.29, 0.717) is 22.3 Å². The van der Waals surface area contributed by atoms with Gasteiger partial charge in [-0.15, -0.1) is 0 Å². The predicted molar refractivity (Wildman–Crippen MR) is 97.6 cm³/mol. The number of ether oxygens (including phenoxy) is 1. The molecule has 2 heterocycles. The molecule has 3 rings (SSSR count). The zero-order valence-electron chi connectivity index (χ0n) is 12.8. The molecule has 2 aromatic heterocycles. The van der Waals surface area contributed by atoms with E-state index in [1.54, 1.807) is 30.3 Å². The first-order valence-electron chi connectivity index (χ1n) is 7.10. The number of H-pyrrole nitrogens is 1. The van der Waals surface area contributed by atoms with Crippen LogP contribution in [-0.4, -0.2) is 21.1 Å². The summed E-state index contributed by atoms with van der Waals surface area (Å²) in [5, 5.41) is 10.0. The molecule has 0 aliphatic heterocycles. The van der Waals surface area contributed by atoms with Crippen molar-refractivity contribution in [2.45, 2.75) is 13.0 Å². The Morgan fingerprint density at radius 3 is 2.96 bits per heavy atom. The third kappa shape index (κ3) is 4.37. The second kappa shape index (κ2) is 8.11. The van der Waals surface area contributed by atoms with E-state index in [0.717, 1.165) is 9.15 Å². The van der Waals surface area contributed by atoms with Crippen molar-refractivity contribution < 1.29 is 17.9 Å². The minimum Gasteiger partial charge on any atom is -0.484 e. The van der Waals surface area contributed by atoms with Crippen LogP contribution in [0.1, 0.15) is 23.8 Å². The van der Waals surface area contributed by atoms with E-state index >= 15 is 0 Å². The maximum Gasteiger partial charge on any atom is 0.299 e. The van der Waals surface area contributed by atoms with E-state index in [4.69, 9.17) is 33.0 Å². The molecule has 0 atom stereocenters. The van der Waals surface area contributed by atoms with Crippen molar-refractivity contribution in [3.8, 4) is 5.75 Å². The molecule has 0 saturated heterocycles. The number of halogens is 4. The zero-order chi connectivity index (χ0) is 18.7. The molecule has 136 valence electrons. The summed E-state index contributed by atoms with van der Waals surface area (Å²) in [6.45, 7) is 0.141. The van der Waals surface area contributed by atoms with Gasteiger partial charge >= 0.3 is 0 Å². The van der Waals surface area contributed by atoms with Crippen molar-refractivity contribution in [2.24, 2.45) is 5.10 Å². The van der Waals surface area contributed by atoms with E-state index in [9.17, 15) is 8.78 Å². The molecule has 0 amide bonds. The second-order valence-electron chi connectivity index (χ2n) is 4.91. The zero-order valence-corrected chi connectivity index (χ0v) is 16.0. The van der Waals surface area contributed by atoms with Gasteiger partial charge in [0, 0.05) is 4.47 Å². The molecule has 0 unspecified atom stereocenters. The molecule has 6 nitrogen and oxygen atoms in total. The van der Waals surface area contributed by atoms with Crippen molar-refractivity contribution in [1.29, 1.82) is 0 Å². The number of alkyl halides is 2. The highest BCUT2D eigenvalue weighted by Gasteiger charge is 2.16. The van der Waals surface area contributed by atoms with Crippen LogP contribution in [-0.2, 0) is 6.61 Å². The summed E-state index contributed by atoms with van der Waals surface area (Å²) in [4.78, 5) is 0. The molecular formula is C15H10BrClF2N4O2S. The van der Waals surface area contributed by atoms with Crippen LogP contribution in [0.25, 0.3) is 0 Å². The van der Waals surface area contributed by atoms with Crippen LogP contribution in [0.4, 0.5) is 8.78 Å². The van der Waals surface area contributed by atoms with Gasteiger partial charge in [0.2, 0.25) is 10.6 Å². The topological polar surface area (TPSA) is 68.3 Å². The monoisotopic (exact) mass is 462 g/mol. The smallest absolute Gasteiger partial charge is 0.299 e. The fraction of sp³-hybridized carbons (Fsp3) is 0.133.